The van der Waals surface area contributed by atoms with Crippen LogP contribution in [-0.4, -0.2) is 10.2 Å². The first-order chi connectivity index (χ1) is 9.13. The van der Waals surface area contributed by atoms with Crippen molar-refractivity contribution in [3.63, 3.8) is 0 Å². The van der Waals surface area contributed by atoms with Crippen LogP contribution >= 0.6 is 11.3 Å². The molecule has 3 rings (SSSR count). The van der Waals surface area contributed by atoms with Crippen molar-refractivity contribution in [2.75, 3.05) is 5.32 Å². The summed E-state index contributed by atoms with van der Waals surface area (Å²) in [6, 6.07) is 8.86. The molecule has 3 nitrogen and oxygen atoms in total. The highest BCUT2D eigenvalue weighted by molar-refractivity contribution is 7.12. The van der Waals surface area contributed by atoms with Crippen molar-refractivity contribution < 1.29 is 0 Å². The first-order valence-corrected chi connectivity index (χ1v) is 7.22. The maximum Gasteiger partial charge on any atom is 0.0651 e. The van der Waals surface area contributed by atoms with Crippen molar-refractivity contribution >= 4 is 27.9 Å². The first-order valence-electron chi connectivity index (χ1n) is 6.40. The molecule has 98 valence electrons. The van der Waals surface area contributed by atoms with Crippen molar-refractivity contribution in [1.82, 2.24) is 10.2 Å². The molecule has 2 heterocycles. The van der Waals surface area contributed by atoms with Crippen molar-refractivity contribution in [2.45, 2.75) is 26.8 Å². The second kappa shape index (κ2) is 4.70. The highest BCUT2D eigenvalue weighted by Crippen LogP contribution is 2.29. The highest BCUT2D eigenvalue weighted by Gasteiger charge is 2.11. The van der Waals surface area contributed by atoms with E-state index in [1.807, 2.05) is 17.5 Å². The van der Waals surface area contributed by atoms with Crippen LogP contribution in [0.2, 0.25) is 0 Å². The Balaban J connectivity index is 1.85. The average molecular weight is 271 g/mol. The summed E-state index contributed by atoms with van der Waals surface area (Å²) in [6.07, 6.45) is 1.85. The fourth-order valence-electron chi connectivity index (χ4n) is 2.44. The topological polar surface area (TPSA) is 40.7 Å². The predicted octanol–water partition coefficient (Wildman–Crippen LogP) is 4.41. The average Bonchev–Trinajstić information content (AvgIpc) is 2.94. The van der Waals surface area contributed by atoms with E-state index in [1.54, 1.807) is 0 Å². The third kappa shape index (κ3) is 2.36. The van der Waals surface area contributed by atoms with Crippen LogP contribution in [-0.2, 0) is 0 Å². The van der Waals surface area contributed by atoms with Crippen LogP contribution in [0.1, 0.15) is 28.3 Å². The zero-order chi connectivity index (χ0) is 13.4. The lowest BCUT2D eigenvalue weighted by molar-refractivity contribution is 0.882. The number of rotatable bonds is 3. The maximum atomic E-state index is 4.05. The number of hydrogen-bond acceptors (Lipinski definition) is 3. The number of H-pyrrole nitrogens is 1. The molecule has 0 saturated heterocycles. The Morgan fingerprint density at radius 3 is 2.84 bits per heavy atom. The van der Waals surface area contributed by atoms with Crippen molar-refractivity contribution in [3.05, 3.63) is 45.8 Å². The van der Waals surface area contributed by atoms with E-state index >= 15 is 0 Å². The molecule has 19 heavy (non-hydrogen) atoms. The smallest absolute Gasteiger partial charge is 0.0651 e. The molecule has 0 radical (unpaired) electrons. The largest absolute Gasteiger partial charge is 0.378 e. The van der Waals surface area contributed by atoms with Crippen molar-refractivity contribution in [2.24, 2.45) is 0 Å². The molecular weight excluding hydrogens is 254 g/mol. The summed E-state index contributed by atoms with van der Waals surface area (Å²) >= 11 is 1.86. The standard InChI is InChI=1S/C15H17N3S/c1-9-6-14(11(3)19-9)10(2)17-13-4-5-15-12(7-13)8-16-18-15/h4-8,10,17H,1-3H3,(H,16,18). The van der Waals surface area contributed by atoms with E-state index in [2.05, 4.69) is 60.6 Å². The number of hydrogen-bond donors (Lipinski definition) is 2. The zero-order valence-corrected chi connectivity index (χ0v) is 12.1. The number of benzene rings is 1. The molecule has 1 aromatic carbocycles. The summed E-state index contributed by atoms with van der Waals surface area (Å²) in [5.41, 5.74) is 3.58. The van der Waals surface area contributed by atoms with Gasteiger partial charge in [0.25, 0.3) is 0 Å². The quantitative estimate of drug-likeness (QED) is 0.740. The number of thiophene rings is 1. The van der Waals surface area contributed by atoms with E-state index < -0.39 is 0 Å². The first kappa shape index (κ1) is 12.2. The predicted molar refractivity (Wildman–Crippen MR) is 81.9 cm³/mol. The van der Waals surface area contributed by atoms with Gasteiger partial charge in [-0.2, -0.15) is 5.10 Å². The molecule has 0 amide bonds. The fourth-order valence-corrected chi connectivity index (χ4v) is 3.46. The summed E-state index contributed by atoms with van der Waals surface area (Å²) in [7, 11) is 0. The minimum Gasteiger partial charge on any atom is -0.378 e. The second-order valence-electron chi connectivity index (χ2n) is 4.91. The molecular formula is C15H17N3S. The van der Waals surface area contributed by atoms with E-state index in [9.17, 15) is 0 Å². The third-order valence-electron chi connectivity index (χ3n) is 3.37. The van der Waals surface area contributed by atoms with E-state index in [-0.39, 0.29) is 0 Å². The minimum absolute atomic E-state index is 0.314. The van der Waals surface area contributed by atoms with Gasteiger partial charge >= 0.3 is 0 Å². The van der Waals surface area contributed by atoms with Crippen LogP contribution in [0.15, 0.2) is 30.5 Å². The SMILES string of the molecule is Cc1cc(C(C)Nc2ccc3[nH]ncc3c2)c(C)s1. The number of aromatic nitrogens is 2. The van der Waals surface area contributed by atoms with Gasteiger partial charge in [-0.1, -0.05) is 0 Å². The minimum atomic E-state index is 0.314. The number of nitrogens with one attached hydrogen (secondary N) is 2. The van der Waals surface area contributed by atoms with Crippen LogP contribution in [0, 0.1) is 13.8 Å². The number of nitrogens with zero attached hydrogens (tertiary/aromatic N) is 1. The fraction of sp³-hybridized carbons (Fsp3) is 0.267. The number of anilines is 1. The van der Waals surface area contributed by atoms with Gasteiger partial charge in [0.2, 0.25) is 0 Å². The molecule has 1 unspecified atom stereocenters. The van der Waals surface area contributed by atoms with Gasteiger partial charge in [0, 0.05) is 26.9 Å². The van der Waals surface area contributed by atoms with Crippen LogP contribution in [0.5, 0.6) is 0 Å². The molecule has 2 N–H and O–H groups in total. The van der Waals surface area contributed by atoms with Gasteiger partial charge in [-0.15, -0.1) is 11.3 Å². The van der Waals surface area contributed by atoms with Gasteiger partial charge in [0.1, 0.15) is 0 Å². The zero-order valence-electron chi connectivity index (χ0n) is 11.3. The number of aryl methyl sites for hydroxylation is 2. The Kier molecular flexibility index (Phi) is 3.03. The Labute approximate surface area is 116 Å². The number of aromatic amines is 1. The molecule has 0 bridgehead atoms. The van der Waals surface area contributed by atoms with Gasteiger partial charge < -0.3 is 5.32 Å². The lowest BCUT2D eigenvalue weighted by Crippen LogP contribution is -2.06. The summed E-state index contributed by atoms with van der Waals surface area (Å²) in [6.45, 7) is 6.55. The highest BCUT2D eigenvalue weighted by atomic mass is 32.1. The van der Waals surface area contributed by atoms with Gasteiger partial charge in [0.15, 0.2) is 0 Å². The molecule has 4 heteroatoms. The summed E-state index contributed by atoms with van der Waals surface area (Å²) in [5, 5.41) is 11.7. The van der Waals surface area contributed by atoms with E-state index in [0.717, 1.165) is 16.6 Å². The Hall–Kier alpha value is -1.81. The van der Waals surface area contributed by atoms with Gasteiger partial charge in [0.05, 0.1) is 11.7 Å². The van der Waals surface area contributed by atoms with Gasteiger partial charge in [-0.3, -0.25) is 5.10 Å². The van der Waals surface area contributed by atoms with Crippen molar-refractivity contribution in [3.8, 4) is 0 Å². The Morgan fingerprint density at radius 2 is 2.11 bits per heavy atom. The van der Waals surface area contributed by atoms with Crippen molar-refractivity contribution in [1.29, 1.82) is 0 Å². The summed E-state index contributed by atoms with van der Waals surface area (Å²) in [4.78, 5) is 2.76. The Bertz CT molecular complexity index is 711. The summed E-state index contributed by atoms with van der Waals surface area (Å²) in [5.74, 6) is 0. The van der Waals surface area contributed by atoms with Crippen LogP contribution < -0.4 is 5.32 Å². The van der Waals surface area contributed by atoms with Gasteiger partial charge in [-0.05, 0) is 50.6 Å². The molecule has 1 atom stereocenters. The third-order valence-corrected chi connectivity index (χ3v) is 4.35. The molecule has 2 aromatic heterocycles. The lowest BCUT2D eigenvalue weighted by Gasteiger charge is -2.15. The Morgan fingerprint density at radius 1 is 1.26 bits per heavy atom. The van der Waals surface area contributed by atoms with E-state index in [1.165, 1.54) is 15.3 Å². The normalized spacial score (nSPS) is 12.8. The molecule has 0 spiro atoms. The van der Waals surface area contributed by atoms with Gasteiger partial charge in [-0.25, -0.2) is 0 Å². The van der Waals surface area contributed by atoms with E-state index in [0.29, 0.717) is 6.04 Å². The molecule has 0 aliphatic carbocycles. The second-order valence-corrected chi connectivity index (χ2v) is 6.37. The van der Waals surface area contributed by atoms with Crippen LogP contribution in [0.25, 0.3) is 10.9 Å². The number of fused-ring (bicyclic) bond motifs is 1. The molecule has 0 fully saturated rings. The van der Waals surface area contributed by atoms with Crippen LogP contribution in [0.3, 0.4) is 0 Å². The molecule has 0 aliphatic rings. The van der Waals surface area contributed by atoms with E-state index in [4.69, 9.17) is 0 Å². The van der Waals surface area contributed by atoms with Crippen LogP contribution in [0.4, 0.5) is 5.69 Å². The lowest BCUT2D eigenvalue weighted by atomic mass is 10.1. The monoisotopic (exact) mass is 271 g/mol. The molecule has 3 aromatic rings. The maximum absolute atomic E-state index is 4.05. The summed E-state index contributed by atoms with van der Waals surface area (Å²) < 4.78 is 0. The molecule has 0 aliphatic heterocycles. The molecule has 0 saturated carbocycles.